The molecule has 2 aromatic heterocycles. The van der Waals surface area contributed by atoms with Gasteiger partial charge in [-0.05, 0) is 51.9 Å². The first-order chi connectivity index (χ1) is 14.5. The summed E-state index contributed by atoms with van der Waals surface area (Å²) in [5, 5.41) is 4.38. The number of rotatable bonds is 9. The first-order valence-electron chi connectivity index (χ1n) is 10.7. The average molecular weight is 414 g/mol. The van der Waals surface area contributed by atoms with Crippen LogP contribution < -0.4 is 0 Å². The van der Waals surface area contributed by atoms with Gasteiger partial charge in [-0.15, -0.1) is 0 Å². The molecule has 3 heterocycles. The van der Waals surface area contributed by atoms with Crippen molar-refractivity contribution in [1.82, 2.24) is 24.6 Å². The van der Waals surface area contributed by atoms with E-state index in [4.69, 9.17) is 4.74 Å². The number of ether oxygens (including phenoxy) is 1. The highest BCUT2D eigenvalue weighted by molar-refractivity contribution is 5.95. The monoisotopic (exact) mass is 413 g/mol. The number of likely N-dealkylation sites (tertiary alicyclic amines) is 1. The molecule has 0 bridgehead atoms. The molecule has 8 nitrogen and oxygen atoms in total. The SMILES string of the molecule is CCOC(=O)CCN(CC1CCCN1CC)C(=O)c1cnn(-c2ccccn2)c1C. The Kier molecular flexibility index (Phi) is 7.57. The molecule has 0 saturated carbocycles. The molecular formula is C22H31N5O3. The average Bonchev–Trinajstić information content (AvgIpc) is 3.37. The number of amides is 1. The first kappa shape index (κ1) is 22.0. The Balaban J connectivity index is 1.80. The van der Waals surface area contributed by atoms with Crippen molar-refractivity contribution in [3.8, 4) is 5.82 Å². The summed E-state index contributed by atoms with van der Waals surface area (Å²) in [4.78, 5) is 33.9. The predicted molar refractivity (Wildman–Crippen MR) is 114 cm³/mol. The Bertz CT molecular complexity index is 852. The van der Waals surface area contributed by atoms with Gasteiger partial charge in [-0.25, -0.2) is 9.67 Å². The van der Waals surface area contributed by atoms with Gasteiger partial charge in [0, 0.05) is 25.3 Å². The van der Waals surface area contributed by atoms with Gasteiger partial charge in [0.05, 0.1) is 30.5 Å². The molecule has 0 radical (unpaired) electrons. The van der Waals surface area contributed by atoms with Gasteiger partial charge in [-0.2, -0.15) is 5.10 Å². The second kappa shape index (κ2) is 10.3. The number of carbonyl (C=O) groups excluding carboxylic acids is 2. The maximum absolute atomic E-state index is 13.4. The van der Waals surface area contributed by atoms with Crippen LogP contribution >= 0.6 is 0 Å². The molecule has 0 spiro atoms. The molecule has 0 aliphatic carbocycles. The van der Waals surface area contributed by atoms with Crippen LogP contribution in [0.1, 0.15) is 49.2 Å². The van der Waals surface area contributed by atoms with Crippen molar-refractivity contribution in [3.05, 3.63) is 41.9 Å². The van der Waals surface area contributed by atoms with Crippen LogP contribution in [0.15, 0.2) is 30.6 Å². The van der Waals surface area contributed by atoms with Crippen molar-refractivity contribution in [2.45, 2.75) is 46.1 Å². The van der Waals surface area contributed by atoms with Gasteiger partial charge in [-0.3, -0.25) is 14.5 Å². The summed E-state index contributed by atoms with van der Waals surface area (Å²) in [5.74, 6) is 0.275. The normalized spacial score (nSPS) is 16.6. The highest BCUT2D eigenvalue weighted by atomic mass is 16.5. The fraction of sp³-hybridized carbons (Fsp3) is 0.545. The van der Waals surface area contributed by atoms with Crippen molar-refractivity contribution < 1.29 is 14.3 Å². The van der Waals surface area contributed by atoms with E-state index < -0.39 is 0 Å². The molecule has 1 fully saturated rings. The van der Waals surface area contributed by atoms with Gasteiger partial charge in [0.15, 0.2) is 5.82 Å². The summed E-state index contributed by atoms with van der Waals surface area (Å²) >= 11 is 0. The zero-order valence-electron chi connectivity index (χ0n) is 18.1. The Morgan fingerprint density at radius 1 is 1.30 bits per heavy atom. The molecule has 1 amide bonds. The van der Waals surface area contributed by atoms with E-state index in [1.165, 1.54) is 0 Å². The molecule has 1 atom stereocenters. The van der Waals surface area contributed by atoms with E-state index >= 15 is 0 Å². The standard InChI is InChI=1S/C22H31N5O3/c1-4-25-13-8-9-18(25)16-26(14-11-21(28)30-5-2)22(29)19-15-24-27(17(19)3)20-10-6-7-12-23-20/h6-7,10,12,15,18H,4-5,8-9,11,13-14,16H2,1-3H3. The lowest BCUT2D eigenvalue weighted by Gasteiger charge is -2.30. The largest absolute Gasteiger partial charge is 0.466 e. The maximum atomic E-state index is 13.4. The zero-order chi connectivity index (χ0) is 21.5. The van der Waals surface area contributed by atoms with Crippen molar-refractivity contribution in [1.29, 1.82) is 0 Å². The van der Waals surface area contributed by atoms with E-state index in [1.54, 1.807) is 28.9 Å². The topological polar surface area (TPSA) is 80.6 Å². The number of hydrogen-bond acceptors (Lipinski definition) is 6. The van der Waals surface area contributed by atoms with Gasteiger partial charge < -0.3 is 9.64 Å². The fourth-order valence-corrected chi connectivity index (χ4v) is 4.01. The number of aromatic nitrogens is 3. The van der Waals surface area contributed by atoms with Crippen molar-refractivity contribution >= 4 is 11.9 Å². The minimum atomic E-state index is -0.282. The van der Waals surface area contributed by atoms with Gasteiger partial charge in [0.2, 0.25) is 0 Å². The summed E-state index contributed by atoms with van der Waals surface area (Å²) in [6.07, 6.45) is 5.67. The molecule has 30 heavy (non-hydrogen) atoms. The van der Waals surface area contributed by atoms with Crippen LogP contribution in [0.25, 0.3) is 5.82 Å². The Hall–Kier alpha value is -2.74. The van der Waals surface area contributed by atoms with Crippen molar-refractivity contribution in [2.75, 3.05) is 32.8 Å². The first-order valence-corrected chi connectivity index (χ1v) is 10.7. The van der Waals surface area contributed by atoms with Crippen LogP contribution in [0.3, 0.4) is 0 Å². The van der Waals surface area contributed by atoms with Crippen molar-refractivity contribution in [3.63, 3.8) is 0 Å². The van der Waals surface area contributed by atoms with Gasteiger partial charge in [0.1, 0.15) is 0 Å². The lowest BCUT2D eigenvalue weighted by Crippen LogP contribution is -2.44. The maximum Gasteiger partial charge on any atom is 0.307 e. The molecule has 3 rings (SSSR count). The number of carbonyl (C=O) groups is 2. The molecular weight excluding hydrogens is 382 g/mol. The minimum absolute atomic E-state index is 0.109. The Labute approximate surface area is 177 Å². The van der Waals surface area contributed by atoms with Gasteiger partial charge >= 0.3 is 5.97 Å². The van der Waals surface area contributed by atoms with Crippen LogP contribution in [-0.4, -0.2) is 75.3 Å². The molecule has 1 aliphatic heterocycles. The zero-order valence-corrected chi connectivity index (χ0v) is 18.1. The lowest BCUT2D eigenvalue weighted by molar-refractivity contribution is -0.143. The smallest absolute Gasteiger partial charge is 0.307 e. The summed E-state index contributed by atoms with van der Waals surface area (Å²) in [7, 11) is 0. The second-order valence-electron chi connectivity index (χ2n) is 7.47. The number of nitrogens with zero attached hydrogens (tertiary/aromatic N) is 5. The van der Waals surface area contributed by atoms with Crippen LogP contribution in [0.5, 0.6) is 0 Å². The second-order valence-corrected chi connectivity index (χ2v) is 7.47. The molecule has 1 aliphatic rings. The van der Waals surface area contributed by atoms with Crippen LogP contribution in [-0.2, 0) is 9.53 Å². The van der Waals surface area contributed by atoms with Crippen LogP contribution in [0.2, 0.25) is 0 Å². The highest BCUT2D eigenvalue weighted by Crippen LogP contribution is 2.20. The number of esters is 1. The number of pyridine rings is 1. The third-order valence-corrected chi connectivity index (χ3v) is 5.62. The van der Waals surface area contributed by atoms with E-state index in [-0.39, 0.29) is 18.3 Å². The molecule has 1 unspecified atom stereocenters. The van der Waals surface area contributed by atoms with Gasteiger partial charge in [-0.1, -0.05) is 13.0 Å². The molecule has 0 N–H and O–H groups in total. The van der Waals surface area contributed by atoms with E-state index in [9.17, 15) is 9.59 Å². The van der Waals surface area contributed by atoms with Crippen LogP contribution in [0, 0.1) is 6.92 Å². The van der Waals surface area contributed by atoms with E-state index in [2.05, 4.69) is 21.9 Å². The lowest BCUT2D eigenvalue weighted by atomic mass is 10.1. The molecule has 8 heteroatoms. The van der Waals surface area contributed by atoms with E-state index in [0.717, 1.165) is 31.6 Å². The predicted octanol–water partition coefficient (Wildman–Crippen LogP) is 2.46. The quantitative estimate of drug-likeness (QED) is 0.588. The minimum Gasteiger partial charge on any atom is -0.466 e. The summed E-state index contributed by atoms with van der Waals surface area (Å²) < 4.78 is 6.73. The van der Waals surface area contributed by atoms with E-state index in [1.807, 2.05) is 25.1 Å². The summed E-state index contributed by atoms with van der Waals surface area (Å²) in [6, 6.07) is 5.89. The third kappa shape index (κ3) is 5.05. The molecule has 1 saturated heterocycles. The van der Waals surface area contributed by atoms with E-state index in [0.29, 0.717) is 37.1 Å². The summed E-state index contributed by atoms with van der Waals surface area (Å²) in [5.41, 5.74) is 1.27. The number of hydrogen-bond donors (Lipinski definition) is 0. The molecule has 0 aromatic carbocycles. The Morgan fingerprint density at radius 3 is 2.83 bits per heavy atom. The Morgan fingerprint density at radius 2 is 2.13 bits per heavy atom. The summed E-state index contributed by atoms with van der Waals surface area (Å²) in [6.45, 7) is 9.08. The van der Waals surface area contributed by atoms with Gasteiger partial charge in [0.25, 0.3) is 5.91 Å². The number of likely N-dealkylation sites (N-methyl/N-ethyl adjacent to an activating group) is 1. The van der Waals surface area contributed by atoms with Crippen molar-refractivity contribution in [2.24, 2.45) is 0 Å². The highest BCUT2D eigenvalue weighted by Gasteiger charge is 2.29. The molecule has 162 valence electrons. The third-order valence-electron chi connectivity index (χ3n) is 5.62. The van der Waals surface area contributed by atoms with Crippen LogP contribution in [0.4, 0.5) is 0 Å². The molecule has 2 aromatic rings. The fourth-order valence-electron chi connectivity index (χ4n) is 4.01.